The highest BCUT2D eigenvalue weighted by Crippen LogP contribution is 2.17. The standard InChI is InChI=1S/C20H25NO/c1-14(2)18-8-10-19(11-9-18)21-20(22)12-7-17-6-5-15(3)16(4)13-17/h5-6,8-11,13-14H,7,12H2,1-4H3,(H,21,22). The zero-order valence-corrected chi connectivity index (χ0v) is 13.9. The molecule has 116 valence electrons. The highest BCUT2D eigenvalue weighted by atomic mass is 16.1. The second-order valence-corrected chi connectivity index (χ2v) is 6.24. The Balaban J connectivity index is 1.88. The van der Waals surface area contributed by atoms with E-state index in [1.165, 1.54) is 22.3 Å². The normalized spacial score (nSPS) is 10.8. The first-order chi connectivity index (χ1) is 10.5. The van der Waals surface area contributed by atoms with Gasteiger partial charge in [0, 0.05) is 12.1 Å². The monoisotopic (exact) mass is 295 g/mol. The van der Waals surface area contributed by atoms with Gasteiger partial charge in [-0.1, -0.05) is 44.2 Å². The van der Waals surface area contributed by atoms with Crippen molar-refractivity contribution in [3.63, 3.8) is 0 Å². The molecule has 0 aliphatic rings. The Morgan fingerprint density at radius 3 is 2.27 bits per heavy atom. The minimum atomic E-state index is 0.0653. The Hall–Kier alpha value is -2.09. The zero-order chi connectivity index (χ0) is 16.1. The predicted octanol–water partition coefficient (Wildman–Crippen LogP) is 5.00. The van der Waals surface area contributed by atoms with Gasteiger partial charge in [0.15, 0.2) is 0 Å². The largest absolute Gasteiger partial charge is 0.326 e. The van der Waals surface area contributed by atoms with Crippen LogP contribution in [-0.2, 0) is 11.2 Å². The minimum absolute atomic E-state index is 0.0653. The van der Waals surface area contributed by atoms with Crippen molar-refractivity contribution >= 4 is 11.6 Å². The molecule has 0 radical (unpaired) electrons. The molecule has 2 aromatic carbocycles. The quantitative estimate of drug-likeness (QED) is 0.826. The molecule has 2 heteroatoms. The number of rotatable bonds is 5. The highest BCUT2D eigenvalue weighted by molar-refractivity contribution is 5.90. The third kappa shape index (κ3) is 4.45. The average Bonchev–Trinajstić information content (AvgIpc) is 2.49. The fraction of sp³-hybridized carbons (Fsp3) is 0.350. The Morgan fingerprint density at radius 2 is 1.68 bits per heavy atom. The van der Waals surface area contributed by atoms with E-state index >= 15 is 0 Å². The van der Waals surface area contributed by atoms with E-state index in [4.69, 9.17) is 0 Å². The Labute approximate surface area is 133 Å². The van der Waals surface area contributed by atoms with Crippen molar-refractivity contribution in [1.82, 2.24) is 0 Å². The summed E-state index contributed by atoms with van der Waals surface area (Å²) in [5, 5.41) is 2.97. The van der Waals surface area contributed by atoms with Crippen LogP contribution in [0.4, 0.5) is 5.69 Å². The maximum Gasteiger partial charge on any atom is 0.224 e. The van der Waals surface area contributed by atoms with Crippen molar-refractivity contribution in [3.8, 4) is 0 Å². The second-order valence-electron chi connectivity index (χ2n) is 6.24. The second kappa shape index (κ2) is 7.26. The molecule has 0 aromatic heterocycles. The molecule has 0 aliphatic carbocycles. The molecule has 0 atom stereocenters. The van der Waals surface area contributed by atoms with Crippen molar-refractivity contribution in [2.75, 3.05) is 5.32 Å². The van der Waals surface area contributed by atoms with Gasteiger partial charge in [-0.25, -0.2) is 0 Å². The maximum absolute atomic E-state index is 12.0. The first-order valence-corrected chi connectivity index (χ1v) is 7.91. The van der Waals surface area contributed by atoms with E-state index in [1.807, 2.05) is 12.1 Å². The molecule has 1 N–H and O–H groups in total. The van der Waals surface area contributed by atoms with Gasteiger partial charge in [-0.3, -0.25) is 4.79 Å². The maximum atomic E-state index is 12.0. The van der Waals surface area contributed by atoms with Crippen LogP contribution in [0.25, 0.3) is 0 Å². The van der Waals surface area contributed by atoms with Crippen LogP contribution in [0.2, 0.25) is 0 Å². The van der Waals surface area contributed by atoms with Crippen LogP contribution in [0.1, 0.15) is 48.4 Å². The molecular formula is C20H25NO. The van der Waals surface area contributed by atoms with E-state index in [-0.39, 0.29) is 5.91 Å². The smallest absolute Gasteiger partial charge is 0.224 e. The molecule has 0 spiro atoms. The van der Waals surface area contributed by atoms with Gasteiger partial charge in [0.1, 0.15) is 0 Å². The topological polar surface area (TPSA) is 29.1 Å². The van der Waals surface area contributed by atoms with Crippen molar-refractivity contribution in [2.24, 2.45) is 0 Å². The number of carbonyl (C=O) groups is 1. The molecule has 2 rings (SSSR count). The van der Waals surface area contributed by atoms with E-state index in [2.05, 4.69) is 63.3 Å². The van der Waals surface area contributed by atoms with Gasteiger partial charge in [0.2, 0.25) is 5.91 Å². The van der Waals surface area contributed by atoms with Crippen molar-refractivity contribution < 1.29 is 4.79 Å². The number of aryl methyl sites for hydroxylation is 3. The lowest BCUT2D eigenvalue weighted by Gasteiger charge is -2.09. The molecule has 0 aliphatic heterocycles. The molecule has 1 amide bonds. The van der Waals surface area contributed by atoms with Gasteiger partial charge in [0.05, 0.1) is 0 Å². The van der Waals surface area contributed by atoms with E-state index < -0.39 is 0 Å². The average molecular weight is 295 g/mol. The minimum Gasteiger partial charge on any atom is -0.326 e. The van der Waals surface area contributed by atoms with Crippen LogP contribution < -0.4 is 5.32 Å². The fourth-order valence-electron chi connectivity index (χ4n) is 2.39. The first kappa shape index (κ1) is 16.3. The van der Waals surface area contributed by atoms with Crippen LogP contribution in [0.15, 0.2) is 42.5 Å². The molecule has 0 saturated heterocycles. The third-order valence-electron chi connectivity index (χ3n) is 4.07. The summed E-state index contributed by atoms with van der Waals surface area (Å²) in [5.74, 6) is 0.574. The Morgan fingerprint density at radius 1 is 1.00 bits per heavy atom. The molecule has 2 aromatic rings. The summed E-state index contributed by atoms with van der Waals surface area (Å²) in [6.07, 6.45) is 1.28. The van der Waals surface area contributed by atoms with Gasteiger partial charge in [-0.05, 0) is 60.6 Å². The summed E-state index contributed by atoms with van der Waals surface area (Å²) in [4.78, 5) is 12.0. The summed E-state index contributed by atoms with van der Waals surface area (Å²) >= 11 is 0. The number of amides is 1. The lowest BCUT2D eigenvalue weighted by atomic mass is 10.0. The van der Waals surface area contributed by atoms with Crippen LogP contribution in [-0.4, -0.2) is 5.91 Å². The van der Waals surface area contributed by atoms with Crippen molar-refractivity contribution in [1.29, 1.82) is 0 Å². The number of carbonyl (C=O) groups excluding carboxylic acids is 1. The van der Waals surface area contributed by atoms with Crippen LogP contribution in [0, 0.1) is 13.8 Å². The Bertz CT molecular complexity index is 641. The molecule has 2 nitrogen and oxygen atoms in total. The number of hydrogen-bond acceptors (Lipinski definition) is 1. The molecule has 0 unspecified atom stereocenters. The van der Waals surface area contributed by atoms with Crippen molar-refractivity contribution in [2.45, 2.75) is 46.5 Å². The Kier molecular flexibility index (Phi) is 5.37. The molecule has 0 heterocycles. The summed E-state index contributed by atoms with van der Waals surface area (Å²) < 4.78 is 0. The van der Waals surface area contributed by atoms with Crippen LogP contribution in [0.5, 0.6) is 0 Å². The van der Waals surface area contributed by atoms with Gasteiger partial charge in [-0.2, -0.15) is 0 Å². The molecule has 0 fully saturated rings. The molecular weight excluding hydrogens is 270 g/mol. The zero-order valence-electron chi connectivity index (χ0n) is 13.9. The van der Waals surface area contributed by atoms with Gasteiger partial charge >= 0.3 is 0 Å². The summed E-state index contributed by atoms with van der Waals surface area (Å²) in [6.45, 7) is 8.54. The lowest BCUT2D eigenvalue weighted by Crippen LogP contribution is -2.12. The summed E-state index contributed by atoms with van der Waals surface area (Å²) in [6, 6.07) is 14.5. The van der Waals surface area contributed by atoms with E-state index in [0.717, 1.165) is 12.1 Å². The molecule has 0 bridgehead atoms. The molecule has 22 heavy (non-hydrogen) atoms. The third-order valence-corrected chi connectivity index (χ3v) is 4.07. The summed E-state index contributed by atoms with van der Waals surface area (Å²) in [5.41, 5.74) is 5.94. The van der Waals surface area contributed by atoms with Gasteiger partial charge < -0.3 is 5.32 Å². The molecule has 0 saturated carbocycles. The lowest BCUT2D eigenvalue weighted by molar-refractivity contribution is -0.116. The van der Waals surface area contributed by atoms with Crippen LogP contribution in [0.3, 0.4) is 0 Å². The summed E-state index contributed by atoms with van der Waals surface area (Å²) in [7, 11) is 0. The van der Waals surface area contributed by atoms with Crippen LogP contribution >= 0.6 is 0 Å². The van der Waals surface area contributed by atoms with Gasteiger partial charge in [0.25, 0.3) is 0 Å². The number of hydrogen-bond donors (Lipinski definition) is 1. The van der Waals surface area contributed by atoms with Gasteiger partial charge in [-0.15, -0.1) is 0 Å². The number of nitrogens with one attached hydrogen (secondary N) is 1. The van der Waals surface area contributed by atoms with E-state index in [9.17, 15) is 4.79 Å². The number of benzene rings is 2. The highest BCUT2D eigenvalue weighted by Gasteiger charge is 2.05. The number of anilines is 1. The van der Waals surface area contributed by atoms with Crippen molar-refractivity contribution in [3.05, 3.63) is 64.7 Å². The fourth-order valence-corrected chi connectivity index (χ4v) is 2.39. The SMILES string of the molecule is Cc1ccc(CCC(=O)Nc2ccc(C(C)C)cc2)cc1C. The predicted molar refractivity (Wildman–Crippen MR) is 93.4 cm³/mol. The van der Waals surface area contributed by atoms with E-state index in [1.54, 1.807) is 0 Å². The van der Waals surface area contributed by atoms with E-state index in [0.29, 0.717) is 12.3 Å². The first-order valence-electron chi connectivity index (χ1n) is 7.91.